The molecule has 17 heavy (non-hydrogen) atoms. The number of aliphatic hydroxyl groups is 1. The van der Waals surface area contributed by atoms with Crippen LogP contribution < -0.4 is 5.32 Å². The summed E-state index contributed by atoms with van der Waals surface area (Å²) in [6.45, 7) is 4.31. The Morgan fingerprint density at radius 1 is 1.41 bits per heavy atom. The molecule has 1 fully saturated rings. The van der Waals surface area contributed by atoms with Gasteiger partial charge in [-0.25, -0.2) is 0 Å². The van der Waals surface area contributed by atoms with Crippen LogP contribution in [0.5, 0.6) is 0 Å². The average Bonchev–Trinajstić information content (AvgIpc) is 2.84. The summed E-state index contributed by atoms with van der Waals surface area (Å²) in [6, 6.07) is 2.69. The van der Waals surface area contributed by atoms with E-state index < -0.39 is 0 Å². The standard InChI is InChI=1S/C13H23N3O/c1-2-16-13(7-8-15-16)9-14-12-5-3-11(10-17)4-6-12/h7-8,11-12,14,17H,2-6,9-10H2,1H3. The smallest absolute Gasteiger partial charge is 0.0522 e. The molecule has 2 rings (SSSR count). The summed E-state index contributed by atoms with van der Waals surface area (Å²) in [6.07, 6.45) is 6.54. The molecular formula is C13H23N3O. The van der Waals surface area contributed by atoms with Crippen molar-refractivity contribution >= 4 is 0 Å². The lowest BCUT2D eigenvalue weighted by Gasteiger charge is -2.28. The Labute approximate surface area is 103 Å². The third-order valence-electron chi connectivity index (χ3n) is 3.78. The predicted octanol–water partition coefficient (Wildman–Crippen LogP) is 1.54. The molecule has 0 saturated heterocycles. The van der Waals surface area contributed by atoms with E-state index in [1.54, 1.807) is 0 Å². The predicted molar refractivity (Wildman–Crippen MR) is 67.6 cm³/mol. The molecule has 0 atom stereocenters. The second-order valence-corrected chi connectivity index (χ2v) is 4.92. The van der Waals surface area contributed by atoms with Crippen molar-refractivity contribution in [1.29, 1.82) is 0 Å². The summed E-state index contributed by atoms with van der Waals surface area (Å²) in [5.74, 6) is 0.536. The van der Waals surface area contributed by atoms with E-state index in [1.807, 2.05) is 10.9 Å². The quantitative estimate of drug-likeness (QED) is 0.817. The van der Waals surface area contributed by atoms with Crippen LogP contribution >= 0.6 is 0 Å². The van der Waals surface area contributed by atoms with E-state index in [0.717, 1.165) is 25.9 Å². The van der Waals surface area contributed by atoms with Crippen molar-refractivity contribution in [3.05, 3.63) is 18.0 Å². The molecule has 0 spiro atoms. The van der Waals surface area contributed by atoms with Crippen LogP contribution in [0.2, 0.25) is 0 Å². The normalized spacial score (nSPS) is 25.1. The minimum absolute atomic E-state index is 0.356. The Morgan fingerprint density at radius 2 is 2.18 bits per heavy atom. The fourth-order valence-electron chi connectivity index (χ4n) is 2.59. The van der Waals surface area contributed by atoms with Crippen LogP contribution in [0, 0.1) is 5.92 Å². The first-order chi connectivity index (χ1) is 8.33. The van der Waals surface area contributed by atoms with Gasteiger partial charge in [0, 0.05) is 31.9 Å². The molecular weight excluding hydrogens is 214 g/mol. The molecule has 1 aromatic heterocycles. The molecule has 0 bridgehead atoms. The van der Waals surface area contributed by atoms with Crippen LogP contribution in [0.4, 0.5) is 0 Å². The van der Waals surface area contributed by atoms with Gasteiger partial charge in [-0.15, -0.1) is 0 Å². The van der Waals surface area contributed by atoms with Gasteiger partial charge in [0.15, 0.2) is 0 Å². The zero-order valence-corrected chi connectivity index (χ0v) is 10.6. The molecule has 0 aliphatic heterocycles. The summed E-state index contributed by atoms with van der Waals surface area (Å²) in [5.41, 5.74) is 1.26. The average molecular weight is 237 g/mol. The third-order valence-corrected chi connectivity index (χ3v) is 3.78. The molecule has 4 nitrogen and oxygen atoms in total. The van der Waals surface area contributed by atoms with E-state index in [-0.39, 0.29) is 0 Å². The molecule has 96 valence electrons. The first-order valence-corrected chi connectivity index (χ1v) is 6.68. The number of rotatable bonds is 5. The Hall–Kier alpha value is -0.870. The highest BCUT2D eigenvalue weighted by molar-refractivity contribution is 5.00. The minimum Gasteiger partial charge on any atom is -0.396 e. The van der Waals surface area contributed by atoms with Crippen molar-refractivity contribution in [2.75, 3.05) is 6.61 Å². The topological polar surface area (TPSA) is 50.1 Å². The first kappa shape index (κ1) is 12.6. The van der Waals surface area contributed by atoms with Crippen molar-refractivity contribution in [3.8, 4) is 0 Å². The lowest BCUT2D eigenvalue weighted by molar-refractivity contribution is 0.175. The highest BCUT2D eigenvalue weighted by Gasteiger charge is 2.20. The Balaban J connectivity index is 1.76. The number of hydrogen-bond acceptors (Lipinski definition) is 3. The van der Waals surface area contributed by atoms with Crippen molar-refractivity contribution in [1.82, 2.24) is 15.1 Å². The molecule has 1 aromatic rings. The van der Waals surface area contributed by atoms with Crippen molar-refractivity contribution in [2.24, 2.45) is 5.92 Å². The van der Waals surface area contributed by atoms with Gasteiger partial charge in [-0.2, -0.15) is 5.10 Å². The van der Waals surface area contributed by atoms with Gasteiger partial charge in [-0.1, -0.05) is 0 Å². The van der Waals surface area contributed by atoms with Gasteiger partial charge in [-0.05, 0) is 44.6 Å². The summed E-state index contributed by atoms with van der Waals surface area (Å²) in [4.78, 5) is 0. The fraction of sp³-hybridized carbons (Fsp3) is 0.769. The maximum atomic E-state index is 9.09. The monoisotopic (exact) mass is 237 g/mol. The number of aliphatic hydroxyl groups excluding tert-OH is 1. The molecule has 0 amide bonds. The Kier molecular flexibility index (Phi) is 4.57. The number of nitrogens with zero attached hydrogens (tertiary/aromatic N) is 2. The zero-order valence-electron chi connectivity index (χ0n) is 10.6. The maximum Gasteiger partial charge on any atom is 0.0522 e. The van der Waals surface area contributed by atoms with Gasteiger partial charge in [-0.3, -0.25) is 4.68 Å². The molecule has 0 radical (unpaired) electrons. The van der Waals surface area contributed by atoms with E-state index >= 15 is 0 Å². The second kappa shape index (κ2) is 6.17. The van der Waals surface area contributed by atoms with Gasteiger partial charge < -0.3 is 10.4 Å². The lowest BCUT2D eigenvalue weighted by Crippen LogP contribution is -2.34. The number of aryl methyl sites for hydroxylation is 1. The van der Waals surface area contributed by atoms with E-state index in [0.29, 0.717) is 18.6 Å². The molecule has 1 aliphatic rings. The van der Waals surface area contributed by atoms with Crippen molar-refractivity contribution < 1.29 is 5.11 Å². The number of nitrogens with one attached hydrogen (secondary N) is 1. The summed E-state index contributed by atoms with van der Waals surface area (Å²) < 4.78 is 2.03. The second-order valence-electron chi connectivity index (χ2n) is 4.92. The van der Waals surface area contributed by atoms with E-state index in [1.165, 1.54) is 18.5 Å². The van der Waals surface area contributed by atoms with E-state index in [9.17, 15) is 0 Å². The van der Waals surface area contributed by atoms with Crippen LogP contribution in [0.1, 0.15) is 38.3 Å². The third kappa shape index (κ3) is 3.30. The van der Waals surface area contributed by atoms with Crippen LogP contribution in [0.25, 0.3) is 0 Å². The molecule has 1 heterocycles. The molecule has 2 N–H and O–H groups in total. The van der Waals surface area contributed by atoms with Crippen LogP contribution in [-0.4, -0.2) is 27.5 Å². The largest absolute Gasteiger partial charge is 0.396 e. The fourth-order valence-corrected chi connectivity index (χ4v) is 2.59. The molecule has 0 unspecified atom stereocenters. The molecule has 1 saturated carbocycles. The number of aromatic nitrogens is 2. The first-order valence-electron chi connectivity index (χ1n) is 6.68. The van der Waals surface area contributed by atoms with Crippen molar-refractivity contribution in [2.45, 2.75) is 51.7 Å². The summed E-state index contributed by atoms with van der Waals surface area (Å²) in [5, 5.41) is 17.0. The lowest BCUT2D eigenvalue weighted by atomic mass is 9.86. The van der Waals surface area contributed by atoms with Gasteiger partial charge in [0.1, 0.15) is 0 Å². The van der Waals surface area contributed by atoms with Crippen molar-refractivity contribution in [3.63, 3.8) is 0 Å². The molecule has 4 heteroatoms. The SMILES string of the molecule is CCn1nccc1CNC1CCC(CO)CC1. The zero-order chi connectivity index (χ0) is 12.1. The van der Waals surface area contributed by atoms with E-state index in [2.05, 4.69) is 23.4 Å². The van der Waals surface area contributed by atoms with Gasteiger partial charge in [0.05, 0.1) is 5.69 Å². The minimum atomic E-state index is 0.356. The number of hydrogen-bond donors (Lipinski definition) is 2. The molecule has 0 aromatic carbocycles. The van der Waals surface area contributed by atoms with Crippen LogP contribution in [0.15, 0.2) is 12.3 Å². The highest BCUT2D eigenvalue weighted by atomic mass is 16.3. The molecule has 1 aliphatic carbocycles. The Bertz CT molecular complexity index is 329. The highest BCUT2D eigenvalue weighted by Crippen LogP contribution is 2.23. The van der Waals surface area contributed by atoms with E-state index in [4.69, 9.17) is 5.11 Å². The summed E-state index contributed by atoms with van der Waals surface area (Å²) in [7, 11) is 0. The van der Waals surface area contributed by atoms with Gasteiger partial charge >= 0.3 is 0 Å². The van der Waals surface area contributed by atoms with Gasteiger partial charge in [0.2, 0.25) is 0 Å². The van der Waals surface area contributed by atoms with Gasteiger partial charge in [0.25, 0.3) is 0 Å². The summed E-state index contributed by atoms with van der Waals surface area (Å²) >= 11 is 0. The Morgan fingerprint density at radius 3 is 2.82 bits per heavy atom. The maximum absolute atomic E-state index is 9.09. The van der Waals surface area contributed by atoms with Crippen LogP contribution in [-0.2, 0) is 13.1 Å². The van der Waals surface area contributed by atoms with Crippen LogP contribution in [0.3, 0.4) is 0 Å².